The lowest BCUT2D eigenvalue weighted by Gasteiger charge is -2.09. The monoisotopic (exact) mass is 348 g/mol. The third-order valence-corrected chi connectivity index (χ3v) is 4.74. The van der Waals surface area contributed by atoms with E-state index in [2.05, 4.69) is 15.5 Å². The third-order valence-electron chi connectivity index (χ3n) is 3.44. The normalized spacial score (nSPS) is 11.0. The van der Waals surface area contributed by atoms with Gasteiger partial charge in [0, 0.05) is 16.3 Å². The molecule has 7 heteroatoms. The number of hydrogen-bond acceptors (Lipinski definition) is 4. The maximum absolute atomic E-state index is 13.9. The smallest absolute Gasteiger partial charge is 0.207 e. The van der Waals surface area contributed by atoms with Gasteiger partial charge in [0.25, 0.3) is 0 Å². The number of nitrogens with zero attached hydrogens (tertiary/aromatic N) is 4. The number of aryl methyl sites for hydroxylation is 2. The summed E-state index contributed by atoms with van der Waals surface area (Å²) in [5.74, 6) is 0.0345. The van der Waals surface area contributed by atoms with Crippen molar-refractivity contribution < 1.29 is 4.39 Å². The molecule has 0 spiro atoms. The summed E-state index contributed by atoms with van der Waals surface area (Å²) in [6.07, 6.45) is 0. The Bertz CT molecular complexity index is 830. The van der Waals surface area contributed by atoms with Gasteiger partial charge in [0.15, 0.2) is 0 Å². The van der Waals surface area contributed by atoms with Crippen molar-refractivity contribution in [2.24, 2.45) is 0 Å². The number of thioether (sulfide) groups is 1. The van der Waals surface area contributed by atoms with Crippen LogP contribution < -0.4 is 0 Å². The molecule has 0 amide bonds. The largest absolute Gasteiger partial charge is 0.214 e. The van der Waals surface area contributed by atoms with Crippen LogP contribution in [0.4, 0.5) is 4.39 Å². The van der Waals surface area contributed by atoms with Crippen LogP contribution in [-0.4, -0.2) is 20.2 Å². The Morgan fingerprint density at radius 3 is 2.83 bits per heavy atom. The second-order valence-corrected chi connectivity index (χ2v) is 6.50. The molecule has 0 fully saturated rings. The van der Waals surface area contributed by atoms with E-state index in [9.17, 15) is 4.39 Å². The van der Waals surface area contributed by atoms with Crippen LogP contribution in [0.25, 0.3) is 5.69 Å². The van der Waals surface area contributed by atoms with Crippen molar-refractivity contribution in [1.29, 1.82) is 0 Å². The Labute approximate surface area is 142 Å². The molecule has 1 heterocycles. The van der Waals surface area contributed by atoms with Crippen molar-refractivity contribution in [3.63, 3.8) is 0 Å². The van der Waals surface area contributed by atoms with Crippen molar-refractivity contribution in [1.82, 2.24) is 20.2 Å². The molecule has 0 aliphatic rings. The highest BCUT2D eigenvalue weighted by molar-refractivity contribution is 7.98. The van der Waals surface area contributed by atoms with E-state index in [-0.39, 0.29) is 5.82 Å². The van der Waals surface area contributed by atoms with Gasteiger partial charge in [-0.15, -0.1) is 5.10 Å². The zero-order valence-electron chi connectivity index (χ0n) is 12.6. The summed E-state index contributed by atoms with van der Waals surface area (Å²) in [6, 6.07) is 10.7. The van der Waals surface area contributed by atoms with Gasteiger partial charge in [0.2, 0.25) is 5.16 Å². The fourth-order valence-electron chi connectivity index (χ4n) is 2.17. The Morgan fingerprint density at radius 1 is 1.22 bits per heavy atom. The average molecular weight is 349 g/mol. The minimum absolute atomic E-state index is 0.323. The lowest BCUT2D eigenvalue weighted by Crippen LogP contribution is -2.02. The van der Waals surface area contributed by atoms with Crippen LogP contribution in [0.5, 0.6) is 0 Å². The maximum Gasteiger partial charge on any atom is 0.214 e. The summed E-state index contributed by atoms with van der Waals surface area (Å²) in [5.41, 5.74) is 3.55. The van der Waals surface area contributed by atoms with E-state index >= 15 is 0 Å². The number of tetrazole rings is 1. The van der Waals surface area contributed by atoms with E-state index < -0.39 is 0 Å². The zero-order chi connectivity index (χ0) is 16.4. The van der Waals surface area contributed by atoms with Gasteiger partial charge in [-0.2, -0.15) is 4.68 Å². The number of hydrogen-bond donors (Lipinski definition) is 0. The first-order chi connectivity index (χ1) is 11.1. The van der Waals surface area contributed by atoms with Crippen molar-refractivity contribution >= 4 is 23.4 Å². The molecule has 0 aliphatic heterocycles. The fraction of sp³-hybridized carbons (Fsp3) is 0.188. The molecule has 23 heavy (non-hydrogen) atoms. The van der Waals surface area contributed by atoms with E-state index in [1.165, 1.54) is 17.8 Å². The molecule has 2 aromatic carbocycles. The lowest BCUT2D eigenvalue weighted by atomic mass is 10.1. The number of halogens is 2. The van der Waals surface area contributed by atoms with Crippen LogP contribution in [0, 0.1) is 19.7 Å². The van der Waals surface area contributed by atoms with Crippen LogP contribution in [-0.2, 0) is 5.75 Å². The Kier molecular flexibility index (Phi) is 4.63. The standard InChI is InChI=1S/C16H14ClFN4S/c1-10-6-7-11(2)15(8-10)22-16(19-20-21-22)23-9-12-13(17)4-3-5-14(12)18/h3-8H,9H2,1-2H3. The minimum atomic E-state index is -0.323. The first kappa shape index (κ1) is 16.0. The van der Waals surface area contributed by atoms with E-state index in [4.69, 9.17) is 11.6 Å². The lowest BCUT2D eigenvalue weighted by molar-refractivity contribution is 0.617. The molecule has 0 bridgehead atoms. The number of benzene rings is 2. The van der Waals surface area contributed by atoms with Gasteiger partial charge in [-0.25, -0.2) is 4.39 Å². The highest BCUT2D eigenvalue weighted by Gasteiger charge is 2.14. The van der Waals surface area contributed by atoms with Crippen LogP contribution in [0.2, 0.25) is 5.02 Å². The van der Waals surface area contributed by atoms with Crippen molar-refractivity contribution in [2.45, 2.75) is 24.8 Å². The van der Waals surface area contributed by atoms with E-state index in [0.29, 0.717) is 21.5 Å². The summed E-state index contributed by atoms with van der Waals surface area (Å²) in [5, 5.41) is 12.8. The first-order valence-electron chi connectivity index (χ1n) is 6.98. The van der Waals surface area contributed by atoms with Crippen molar-refractivity contribution in [3.8, 4) is 5.69 Å². The predicted octanol–water partition coefficient (Wildman–Crippen LogP) is 4.36. The summed E-state index contributed by atoms with van der Waals surface area (Å²) >= 11 is 7.41. The average Bonchev–Trinajstić information content (AvgIpc) is 2.97. The van der Waals surface area contributed by atoms with Gasteiger partial charge in [0.05, 0.1) is 5.69 Å². The molecule has 0 saturated carbocycles. The Hall–Kier alpha value is -1.92. The van der Waals surface area contributed by atoms with Gasteiger partial charge in [-0.05, 0) is 53.6 Å². The van der Waals surface area contributed by atoms with Crippen molar-refractivity contribution in [3.05, 3.63) is 63.9 Å². The van der Waals surface area contributed by atoms with Gasteiger partial charge in [-0.1, -0.05) is 41.6 Å². The molecule has 118 valence electrons. The van der Waals surface area contributed by atoms with Crippen LogP contribution in [0.3, 0.4) is 0 Å². The molecule has 1 aromatic heterocycles. The quantitative estimate of drug-likeness (QED) is 0.657. The Morgan fingerprint density at radius 2 is 2.04 bits per heavy atom. The van der Waals surface area contributed by atoms with Crippen LogP contribution in [0.1, 0.15) is 16.7 Å². The molecule has 0 saturated heterocycles. The number of rotatable bonds is 4. The highest BCUT2D eigenvalue weighted by atomic mass is 35.5. The summed E-state index contributed by atoms with van der Waals surface area (Å²) in [6.45, 7) is 4.01. The van der Waals surface area contributed by atoms with Crippen molar-refractivity contribution in [2.75, 3.05) is 0 Å². The third kappa shape index (κ3) is 3.38. The maximum atomic E-state index is 13.9. The SMILES string of the molecule is Cc1ccc(C)c(-n2nnnc2SCc2c(F)cccc2Cl)c1. The first-order valence-corrected chi connectivity index (χ1v) is 8.34. The summed E-state index contributed by atoms with van der Waals surface area (Å²) < 4.78 is 15.5. The van der Waals surface area contributed by atoms with Gasteiger partial charge in [0.1, 0.15) is 5.82 Å². The molecular weight excluding hydrogens is 335 g/mol. The second-order valence-electron chi connectivity index (χ2n) is 5.15. The molecule has 3 rings (SSSR count). The topological polar surface area (TPSA) is 43.6 Å². The highest BCUT2D eigenvalue weighted by Crippen LogP contribution is 2.28. The molecule has 0 atom stereocenters. The minimum Gasteiger partial charge on any atom is -0.207 e. The number of aromatic nitrogens is 4. The molecule has 3 aromatic rings. The molecule has 0 radical (unpaired) electrons. The van der Waals surface area contributed by atoms with Gasteiger partial charge < -0.3 is 0 Å². The molecule has 4 nitrogen and oxygen atoms in total. The van der Waals surface area contributed by atoms with Crippen LogP contribution in [0.15, 0.2) is 41.6 Å². The van der Waals surface area contributed by atoms with Crippen LogP contribution >= 0.6 is 23.4 Å². The van der Waals surface area contributed by atoms with Gasteiger partial charge in [-0.3, -0.25) is 0 Å². The molecular formula is C16H14ClFN4S. The molecule has 0 unspecified atom stereocenters. The Balaban J connectivity index is 1.89. The summed E-state index contributed by atoms with van der Waals surface area (Å²) in [4.78, 5) is 0. The summed E-state index contributed by atoms with van der Waals surface area (Å²) in [7, 11) is 0. The van der Waals surface area contributed by atoms with E-state index in [1.54, 1.807) is 16.8 Å². The fourth-order valence-corrected chi connectivity index (χ4v) is 3.40. The second kappa shape index (κ2) is 6.68. The zero-order valence-corrected chi connectivity index (χ0v) is 14.2. The van der Waals surface area contributed by atoms with E-state index in [0.717, 1.165) is 16.8 Å². The van der Waals surface area contributed by atoms with Gasteiger partial charge >= 0.3 is 0 Å². The molecule has 0 aliphatic carbocycles. The molecule has 0 N–H and O–H groups in total. The predicted molar refractivity (Wildman–Crippen MR) is 89.6 cm³/mol. The van der Waals surface area contributed by atoms with E-state index in [1.807, 2.05) is 32.0 Å².